The smallest absolute Gasteiger partial charge is 0.276 e. The number of amides is 2. The van der Waals surface area contributed by atoms with Crippen molar-refractivity contribution in [1.82, 2.24) is 25.6 Å². The van der Waals surface area contributed by atoms with Gasteiger partial charge in [-0.3, -0.25) is 9.59 Å². The van der Waals surface area contributed by atoms with Gasteiger partial charge in [-0.25, -0.2) is 4.39 Å². The molecular formula is C17H18FN5O2. The van der Waals surface area contributed by atoms with Crippen LogP contribution in [0.4, 0.5) is 4.39 Å². The number of nitrogens with zero attached hydrogens (tertiary/aromatic N) is 3. The highest BCUT2D eigenvalue weighted by atomic mass is 19.1. The average Bonchev–Trinajstić information content (AvgIpc) is 3.36. The first-order chi connectivity index (χ1) is 12.1. The molecule has 1 aromatic heterocycles. The predicted molar refractivity (Wildman–Crippen MR) is 85.7 cm³/mol. The SMILES string of the molecule is O=C(NCc1ccc(F)cc1)[C@@H]1C[C@H]2CC[C@H]1N2C(=O)c1cn[nH]n1. The van der Waals surface area contributed by atoms with Gasteiger partial charge in [-0.1, -0.05) is 12.1 Å². The Balaban J connectivity index is 1.41. The number of hydrogen-bond acceptors (Lipinski definition) is 4. The molecule has 2 bridgehead atoms. The summed E-state index contributed by atoms with van der Waals surface area (Å²) in [6, 6.07) is 6.03. The summed E-state index contributed by atoms with van der Waals surface area (Å²) in [4.78, 5) is 26.9. The monoisotopic (exact) mass is 343 g/mol. The second-order valence-electron chi connectivity index (χ2n) is 6.55. The standard InChI is InChI=1S/C17H18FN5O2/c18-11-3-1-10(2-4-11)8-19-16(24)13-7-12-5-6-15(13)23(12)17(25)14-9-20-22-21-14/h1-4,9,12-13,15H,5-8H2,(H,19,24)(H,20,21,22)/t12-,13-,15-/m1/s1. The molecule has 7 nitrogen and oxygen atoms in total. The van der Waals surface area contributed by atoms with Crippen LogP contribution in [0.15, 0.2) is 30.5 Å². The molecule has 3 heterocycles. The Labute approximate surface area is 143 Å². The normalized spacial score (nSPS) is 24.5. The van der Waals surface area contributed by atoms with Crippen molar-refractivity contribution in [1.29, 1.82) is 0 Å². The molecule has 4 rings (SSSR count). The molecule has 8 heteroatoms. The number of carbonyl (C=O) groups is 2. The summed E-state index contributed by atoms with van der Waals surface area (Å²) in [7, 11) is 0. The van der Waals surface area contributed by atoms with Crippen LogP contribution in [0.2, 0.25) is 0 Å². The molecule has 2 aromatic rings. The Morgan fingerprint density at radius 3 is 2.80 bits per heavy atom. The van der Waals surface area contributed by atoms with Crippen LogP contribution in [0.25, 0.3) is 0 Å². The lowest BCUT2D eigenvalue weighted by Gasteiger charge is -2.23. The van der Waals surface area contributed by atoms with E-state index in [1.807, 2.05) is 0 Å². The van der Waals surface area contributed by atoms with Gasteiger partial charge in [0.2, 0.25) is 5.91 Å². The summed E-state index contributed by atoms with van der Waals surface area (Å²) in [6.45, 7) is 0.351. The lowest BCUT2D eigenvalue weighted by Crippen LogP contribution is -2.41. The topological polar surface area (TPSA) is 91.0 Å². The van der Waals surface area contributed by atoms with E-state index in [0.29, 0.717) is 13.0 Å². The Kier molecular flexibility index (Phi) is 3.95. The van der Waals surface area contributed by atoms with Crippen molar-refractivity contribution in [3.63, 3.8) is 0 Å². The fourth-order valence-corrected chi connectivity index (χ4v) is 3.95. The molecule has 1 aromatic carbocycles. The lowest BCUT2D eigenvalue weighted by molar-refractivity contribution is -0.125. The molecule has 0 saturated carbocycles. The summed E-state index contributed by atoms with van der Waals surface area (Å²) in [5, 5.41) is 12.9. The van der Waals surface area contributed by atoms with Crippen molar-refractivity contribution in [3.05, 3.63) is 47.5 Å². The van der Waals surface area contributed by atoms with Crippen molar-refractivity contribution in [2.75, 3.05) is 0 Å². The first-order valence-corrected chi connectivity index (χ1v) is 8.34. The predicted octanol–water partition coefficient (Wildman–Crippen LogP) is 1.25. The third-order valence-electron chi connectivity index (χ3n) is 5.12. The van der Waals surface area contributed by atoms with Crippen LogP contribution < -0.4 is 5.32 Å². The molecule has 2 saturated heterocycles. The summed E-state index contributed by atoms with van der Waals surface area (Å²) < 4.78 is 12.9. The van der Waals surface area contributed by atoms with E-state index in [1.54, 1.807) is 17.0 Å². The van der Waals surface area contributed by atoms with Gasteiger partial charge in [-0.2, -0.15) is 15.4 Å². The van der Waals surface area contributed by atoms with E-state index in [2.05, 4.69) is 20.7 Å². The van der Waals surface area contributed by atoms with Gasteiger partial charge in [-0.05, 0) is 37.0 Å². The van der Waals surface area contributed by atoms with Crippen LogP contribution >= 0.6 is 0 Å². The molecule has 0 spiro atoms. The molecule has 0 aliphatic carbocycles. The van der Waals surface area contributed by atoms with Gasteiger partial charge in [0.15, 0.2) is 5.69 Å². The van der Waals surface area contributed by atoms with Gasteiger partial charge >= 0.3 is 0 Å². The molecule has 2 amide bonds. The second kappa shape index (κ2) is 6.27. The van der Waals surface area contributed by atoms with Gasteiger partial charge < -0.3 is 10.2 Å². The van der Waals surface area contributed by atoms with Crippen molar-refractivity contribution >= 4 is 11.8 Å². The maximum absolute atomic E-state index is 12.9. The molecular weight excluding hydrogens is 325 g/mol. The molecule has 0 unspecified atom stereocenters. The summed E-state index contributed by atoms with van der Waals surface area (Å²) >= 11 is 0. The second-order valence-corrected chi connectivity index (χ2v) is 6.55. The lowest BCUT2D eigenvalue weighted by atomic mass is 9.88. The number of aromatic nitrogens is 3. The maximum Gasteiger partial charge on any atom is 0.276 e. The number of fused-ring (bicyclic) bond motifs is 2. The minimum Gasteiger partial charge on any atom is -0.352 e. The van der Waals surface area contributed by atoms with Gasteiger partial charge in [0.1, 0.15) is 5.82 Å². The highest BCUT2D eigenvalue weighted by Crippen LogP contribution is 2.42. The quantitative estimate of drug-likeness (QED) is 0.874. The van der Waals surface area contributed by atoms with Crippen molar-refractivity contribution < 1.29 is 14.0 Å². The van der Waals surface area contributed by atoms with E-state index in [1.165, 1.54) is 18.3 Å². The van der Waals surface area contributed by atoms with E-state index in [4.69, 9.17) is 0 Å². The molecule has 130 valence electrons. The number of hydrogen-bond donors (Lipinski definition) is 2. The van der Waals surface area contributed by atoms with E-state index < -0.39 is 0 Å². The Bertz CT molecular complexity index is 777. The van der Waals surface area contributed by atoms with Gasteiger partial charge in [0.05, 0.1) is 12.1 Å². The minimum atomic E-state index is -0.301. The Hall–Kier alpha value is -2.77. The number of aromatic amines is 1. The zero-order chi connectivity index (χ0) is 17.4. The Morgan fingerprint density at radius 2 is 2.08 bits per heavy atom. The van der Waals surface area contributed by atoms with Crippen molar-refractivity contribution in [2.24, 2.45) is 5.92 Å². The Morgan fingerprint density at radius 1 is 1.28 bits per heavy atom. The first kappa shape index (κ1) is 15.7. The molecule has 2 aliphatic rings. The first-order valence-electron chi connectivity index (χ1n) is 8.34. The highest BCUT2D eigenvalue weighted by molar-refractivity contribution is 5.94. The van der Waals surface area contributed by atoms with Gasteiger partial charge in [0, 0.05) is 18.6 Å². The van der Waals surface area contributed by atoms with Crippen LogP contribution in [-0.2, 0) is 11.3 Å². The number of benzene rings is 1. The van der Waals surface area contributed by atoms with Gasteiger partial charge in [0.25, 0.3) is 5.91 Å². The van der Waals surface area contributed by atoms with Crippen molar-refractivity contribution in [3.8, 4) is 0 Å². The van der Waals surface area contributed by atoms with Crippen LogP contribution in [0.3, 0.4) is 0 Å². The fraction of sp³-hybridized carbons (Fsp3) is 0.412. The average molecular weight is 343 g/mol. The summed E-state index contributed by atoms with van der Waals surface area (Å²) in [5.74, 6) is -0.746. The van der Waals surface area contributed by atoms with E-state index in [0.717, 1.165) is 18.4 Å². The molecule has 3 atom stereocenters. The number of carbonyl (C=O) groups excluding carboxylic acids is 2. The third kappa shape index (κ3) is 2.88. The molecule has 2 N–H and O–H groups in total. The van der Waals surface area contributed by atoms with Gasteiger partial charge in [-0.15, -0.1) is 0 Å². The number of rotatable bonds is 4. The van der Waals surface area contributed by atoms with Crippen LogP contribution in [0.1, 0.15) is 35.3 Å². The minimum absolute atomic E-state index is 0.0607. The van der Waals surface area contributed by atoms with Crippen molar-refractivity contribution in [2.45, 2.75) is 37.9 Å². The number of nitrogens with one attached hydrogen (secondary N) is 2. The molecule has 0 radical (unpaired) electrons. The fourth-order valence-electron chi connectivity index (χ4n) is 3.95. The third-order valence-corrected chi connectivity index (χ3v) is 5.12. The molecule has 2 fully saturated rings. The van der Waals surface area contributed by atoms with E-state index in [9.17, 15) is 14.0 Å². The number of halogens is 1. The molecule has 2 aliphatic heterocycles. The highest BCUT2D eigenvalue weighted by Gasteiger charge is 2.51. The van der Waals surface area contributed by atoms with Crippen LogP contribution in [0.5, 0.6) is 0 Å². The zero-order valence-electron chi connectivity index (χ0n) is 13.5. The van der Waals surface area contributed by atoms with Crippen LogP contribution in [0, 0.1) is 11.7 Å². The van der Waals surface area contributed by atoms with Crippen LogP contribution in [-0.4, -0.2) is 44.2 Å². The number of H-pyrrole nitrogens is 1. The largest absolute Gasteiger partial charge is 0.352 e. The van der Waals surface area contributed by atoms with E-state index in [-0.39, 0.29) is 41.3 Å². The summed E-state index contributed by atoms with van der Waals surface area (Å²) in [5.41, 5.74) is 1.12. The maximum atomic E-state index is 12.9. The molecule has 25 heavy (non-hydrogen) atoms. The zero-order valence-corrected chi connectivity index (χ0v) is 13.5. The van der Waals surface area contributed by atoms with E-state index >= 15 is 0 Å². The summed E-state index contributed by atoms with van der Waals surface area (Å²) in [6.07, 6.45) is 3.81.